The van der Waals surface area contributed by atoms with Gasteiger partial charge in [-0.1, -0.05) is 35.9 Å². The number of likely N-dealkylation sites (tertiary alicyclic amines) is 1. The van der Waals surface area contributed by atoms with Gasteiger partial charge in [-0.15, -0.1) is 0 Å². The van der Waals surface area contributed by atoms with Crippen molar-refractivity contribution in [3.05, 3.63) is 82.6 Å². The highest BCUT2D eigenvalue weighted by Crippen LogP contribution is 2.28. The number of carbonyl (C=O) groups excluding carboxylic acids is 2. The quantitative estimate of drug-likeness (QED) is 0.282. The number of hydrogen-bond acceptors (Lipinski definition) is 6. The van der Waals surface area contributed by atoms with Gasteiger partial charge in [-0.05, 0) is 67.6 Å². The molecule has 40 heavy (non-hydrogen) atoms. The van der Waals surface area contributed by atoms with Crippen LogP contribution in [0.5, 0.6) is 0 Å². The summed E-state index contributed by atoms with van der Waals surface area (Å²) in [5, 5.41) is 20.0. The van der Waals surface area contributed by atoms with E-state index < -0.39 is 0 Å². The van der Waals surface area contributed by atoms with Crippen molar-refractivity contribution in [1.29, 1.82) is 10.8 Å². The Bertz CT molecular complexity index is 1470. The molecule has 0 bridgehead atoms. The van der Waals surface area contributed by atoms with Crippen LogP contribution in [-0.2, 0) is 16.0 Å². The third-order valence-electron chi connectivity index (χ3n) is 7.41. The topological polar surface area (TPSA) is 122 Å². The van der Waals surface area contributed by atoms with Crippen molar-refractivity contribution in [1.82, 2.24) is 14.8 Å². The molecular formula is C30H31ClN6O3. The molecule has 0 spiro atoms. The Morgan fingerprint density at radius 3 is 2.65 bits per heavy atom. The average molecular weight is 559 g/mol. The second-order valence-corrected chi connectivity index (χ2v) is 10.5. The van der Waals surface area contributed by atoms with E-state index in [0.29, 0.717) is 43.1 Å². The third-order valence-corrected chi connectivity index (χ3v) is 7.63. The van der Waals surface area contributed by atoms with Gasteiger partial charge in [0.1, 0.15) is 6.42 Å². The maximum Gasteiger partial charge on any atom is 0.322 e. The van der Waals surface area contributed by atoms with Crippen molar-refractivity contribution in [2.75, 3.05) is 25.0 Å². The van der Waals surface area contributed by atoms with Crippen LogP contribution < -0.4 is 5.32 Å². The number of halogens is 1. The number of fused-ring (bicyclic) bond motifs is 1. The third kappa shape index (κ3) is 6.15. The van der Waals surface area contributed by atoms with Gasteiger partial charge in [-0.3, -0.25) is 20.6 Å². The normalized spacial score (nSPS) is 15.6. The zero-order valence-corrected chi connectivity index (χ0v) is 23.0. The van der Waals surface area contributed by atoms with Gasteiger partial charge in [0, 0.05) is 59.4 Å². The number of benzene rings is 2. The highest BCUT2D eigenvalue weighted by atomic mass is 35.5. The standard InChI is InChI=1S/C30H31ClN6O3/c1-19-25(6-4-11-34-19)21-15-22(17-23(31)16-21)29(33)40-27(32)18-28(38)36-12-9-24(10-13-36)37-14-8-20-5-2-3-7-26(20)35-30(37)39/h2-7,11,15-17,24,32-33H,8-10,12-14,18H2,1H3,(H,35,39). The minimum absolute atomic E-state index is 0.0442. The first-order chi connectivity index (χ1) is 19.3. The van der Waals surface area contributed by atoms with Gasteiger partial charge in [-0.25, -0.2) is 4.79 Å². The van der Waals surface area contributed by atoms with E-state index in [0.717, 1.165) is 34.5 Å². The largest absolute Gasteiger partial charge is 0.425 e. The molecule has 9 nitrogen and oxygen atoms in total. The van der Waals surface area contributed by atoms with Crippen LogP contribution in [0.1, 0.15) is 36.1 Å². The molecule has 3 aromatic rings. The Morgan fingerprint density at radius 1 is 1.10 bits per heavy atom. The number of aromatic nitrogens is 1. The minimum Gasteiger partial charge on any atom is -0.425 e. The summed E-state index contributed by atoms with van der Waals surface area (Å²) in [5.74, 6) is -0.794. The predicted molar refractivity (Wildman–Crippen MR) is 155 cm³/mol. The highest BCUT2D eigenvalue weighted by molar-refractivity contribution is 6.31. The van der Waals surface area contributed by atoms with E-state index in [1.807, 2.05) is 48.2 Å². The molecule has 3 N–H and O–H groups in total. The number of nitrogens with one attached hydrogen (secondary N) is 3. The van der Waals surface area contributed by atoms with Gasteiger partial charge in [0.15, 0.2) is 5.90 Å². The summed E-state index contributed by atoms with van der Waals surface area (Å²) < 4.78 is 5.43. The SMILES string of the molecule is Cc1ncccc1-c1cc(Cl)cc(C(=N)OC(=N)CC(=O)N2CCC(N3CCc4ccccc4NC3=O)CC2)c1. The maximum atomic E-state index is 12.9. The molecule has 2 aromatic carbocycles. The van der Waals surface area contributed by atoms with E-state index in [-0.39, 0.29) is 36.2 Å². The molecule has 2 aliphatic heterocycles. The molecule has 2 aliphatic rings. The van der Waals surface area contributed by atoms with Gasteiger partial charge in [0.25, 0.3) is 0 Å². The van der Waals surface area contributed by atoms with Gasteiger partial charge in [-0.2, -0.15) is 0 Å². The van der Waals surface area contributed by atoms with Crippen LogP contribution in [-0.4, -0.2) is 64.2 Å². The number of anilines is 1. The number of amides is 3. The summed E-state index contributed by atoms with van der Waals surface area (Å²) in [6.45, 7) is 3.51. The summed E-state index contributed by atoms with van der Waals surface area (Å²) in [6.07, 6.45) is 3.57. The smallest absolute Gasteiger partial charge is 0.322 e. The van der Waals surface area contributed by atoms with Crippen molar-refractivity contribution < 1.29 is 14.3 Å². The molecule has 3 amide bonds. The lowest BCUT2D eigenvalue weighted by molar-refractivity contribution is -0.131. The molecule has 0 radical (unpaired) electrons. The second kappa shape index (κ2) is 11.9. The van der Waals surface area contributed by atoms with Crippen molar-refractivity contribution in [2.24, 2.45) is 0 Å². The summed E-state index contributed by atoms with van der Waals surface area (Å²) in [4.78, 5) is 33.7. The van der Waals surface area contributed by atoms with Crippen molar-refractivity contribution >= 4 is 41.0 Å². The number of hydrogen-bond donors (Lipinski definition) is 3. The second-order valence-electron chi connectivity index (χ2n) is 10.0. The van der Waals surface area contributed by atoms with Gasteiger partial charge in [0.05, 0.1) is 0 Å². The van der Waals surface area contributed by atoms with Crippen molar-refractivity contribution in [3.63, 3.8) is 0 Å². The fourth-order valence-corrected chi connectivity index (χ4v) is 5.53. The van der Waals surface area contributed by atoms with Crippen LogP contribution in [0.4, 0.5) is 10.5 Å². The fraction of sp³-hybridized carbons (Fsp3) is 0.300. The molecule has 0 unspecified atom stereocenters. The molecule has 1 fully saturated rings. The number of rotatable bonds is 5. The van der Waals surface area contributed by atoms with Crippen LogP contribution in [0.25, 0.3) is 11.1 Å². The minimum atomic E-state index is -0.305. The van der Waals surface area contributed by atoms with Gasteiger partial charge in [0.2, 0.25) is 11.8 Å². The van der Waals surface area contributed by atoms with Crippen molar-refractivity contribution in [3.8, 4) is 11.1 Å². The lowest BCUT2D eigenvalue weighted by atomic mass is 10.0. The first-order valence-electron chi connectivity index (χ1n) is 13.3. The van der Waals surface area contributed by atoms with E-state index in [9.17, 15) is 9.59 Å². The first kappa shape index (κ1) is 27.3. The summed E-state index contributed by atoms with van der Waals surface area (Å²) in [7, 11) is 0. The average Bonchev–Trinajstić information content (AvgIpc) is 3.11. The zero-order chi connectivity index (χ0) is 28.2. The van der Waals surface area contributed by atoms with E-state index >= 15 is 0 Å². The summed E-state index contributed by atoms with van der Waals surface area (Å²) >= 11 is 6.31. The molecule has 1 aromatic heterocycles. The Kier molecular flexibility index (Phi) is 8.11. The lowest BCUT2D eigenvalue weighted by Gasteiger charge is -2.38. The monoisotopic (exact) mass is 558 g/mol. The molecular weight excluding hydrogens is 528 g/mol. The van der Waals surface area contributed by atoms with Crippen LogP contribution >= 0.6 is 11.6 Å². The molecule has 10 heteroatoms. The Labute approximate surface area is 238 Å². The zero-order valence-electron chi connectivity index (χ0n) is 22.2. The number of piperidine rings is 1. The Balaban J connectivity index is 1.14. The lowest BCUT2D eigenvalue weighted by Crippen LogP contribution is -2.50. The Morgan fingerprint density at radius 2 is 1.88 bits per heavy atom. The van der Waals surface area contributed by atoms with Crippen LogP contribution in [0.15, 0.2) is 60.8 Å². The fourth-order valence-electron chi connectivity index (χ4n) is 5.30. The van der Waals surface area contributed by atoms with E-state index in [1.54, 1.807) is 29.3 Å². The molecule has 0 saturated carbocycles. The summed E-state index contributed by atoms with van der Waals surface area (Å²) in [5.41, 5.74) is 4.88. The number of aryl methyl sites for hydroxylation is 1. The molecule has 206 valence electrons. The van der Waals surface area contributed by atoms with Crippen molar-refractivity contribution in [2.45, 2.75) is 38.6 Å². The maximum absolute atomic E-state index is 12.9. The molecule has 3 heterocycles. The van der Waals surface area contributed by atoms with E-state index in [4.69, 9.17) is 27.2 Å². The van der Waals surface area contributed by atoms with Crippen LogP contribution in [0.3, 0.4) is 0 Å². The molecule has 0 atom stereocenters. The molecule has 0 aliphatic carbocycles. The summed E-state index contributed by atoms with van der Waals surface area (Å²) in [6, 6.07) is 16.7. The highest BCUT2D eigenvalue weighted by Gasteiger charge is 2.31. The number of carbonyl (C=O) groups is 2. The first-order valence-corrected chi connectivity index (χ1v) is 13.7. The number of ether oxygens (including phenoxy) is 1. The number of urea groups is 1. The number of para-hydroxylation sites is 1. The molecule has 1 saturated heterocycles. The van der Waals surface area contributed by atoms with Crippen LogP contribution in [0.2, 0.25) is 5.02 Å². The van der Waals surface area contributed by atoms with Crippen LogP contribution in [0, 0.1) is 17.7 Å². The van der Waals surface area contributed by atoms with Gasteiger partial charge < -0.3 is 19.9 Å². The number of nitrogens with zero attached hydrogens (tertiary/aromatic N) is 3. The predicted octanol–water partition coefficient (Wildman–Crippen LogP) is 5.50. The van der Waals surface area contributed by atoms with Gasteiger partial charge >= 0.3 is 6.03 Å². The Hall–Kier alpha value is -4.24. The van der Waals surface area contributed by atoms with E-state index in [2.05, 4.69) is 10.3 Å². The molecule has 5 rings (SSSR count). The number of pyridine rings is 1. The van der Waals surface area contributed by atoms with E-state index in [1.165, 1.54) is 0 Å².